The van der Waals surface area contributed by atoms with Crippen LogP contribution < -0.4 is 0 Å². The van der Waals surface area contributed by atoms with Gasteiger partial charge < -0.3 is 4.74 Å². The molecule has 0 aromatic heterocycles. The number of halogens is 2. The number of hydrogen-bond donors (Lipinski definition) is 0. The number of esters is 1. The minimum Gasteiger partial charge on any atom is -0.462 e. The minimum atomic E-state index is -3.37. The van der Waals surface area contributed by atoms with Crippen LogP contribution in [0.4, 0.5) is 8.78 Å². The summed E-state index contributed by atoms with van der Waals surface area (Å²) in [5, 5.41) is 0. The lowest BCUT2D eigenvalue weighted by Crippen LogP contribution is -2.30. The number of carbonyl (C=O) groups excluding carboxylic acids is 1. The monoisotopic (exact) mass is 178 g/mol. The Morgan fingerprint density at radius 3 is 2.67 bits per heavy atom. The maximum atomic E-state index is 12.7. The van der Waals surface area contributed by atoms with Crippen molar-refractivity contribution in [1.82, 2.24) is 0 Å². The maximum Gasteiger partial charge on any atom is 0.376 e. The third-order valence-electron chi connectivity index (χ3n) is 1.24. The van der Waals surface area contributed by atoms with Crippen molar-refractivity contribution in [2.75, 3.05) is 6.61 Å². The fourth-order valence-corrected chi connectivity index (χ4v) is 0.622. The Balaban J connectivity index is 3.98. The Bertz CT molecular complexity index is 166. The molecule has 0 heterocycles. The normalized spacial score (nSPS) is 10.9. The van der Waals surface area contributed by atoms with Crippen molar-refractivity contribution < 1.29 is 18.3 Å². The molecular formula is C8H12F2O2. The highest BCUT2D eigenvalue weighted by Crippen LogP contribution is 2.22. The smallest absolute Gasteiger partial charge is 0.376 e. The number of allylic oxidation sites excluding steroid dienone is 1. The number of ether oxygens (including phenoxy) is 1. The van der Waals surface area contributed by atoms with Crippen molar-refractivity contribution >= 4 is 5.97 Å². The molecule has 0 aromatic carbocycles. The minimum absolute atomic E-state index is 0.0253. The quantitative estimate of drug-likeness (QED) is 0.476. The Morgan fingerprint density at radius 1 is 1.67 bits per heavy atom. The van der Waals surface area contributed by atoms with Crippen LogP contribution in [0.2, 0.25) is 0 Å². The molecule has 0 aromatic rings. The molecular weight excluding hydrogens is 166 g/mol. The first-order valence-electron chi connectivity index (χ1n) is 3.70. The van der Waals surface area contributed by atoms with Crippen LogP contribution in [0.1, 0.15) is 19.8 Å². The molecule has 0 bridgehead atoms. The largest absolute Gasteiger partial charge is 0.462 e. The van der Waals surface area contributed by atoms with Crippen molar-refractivity contribution in [3.8, 4) is 0 Å². The Kier molecular flexibility index (Phi) is 4.47. The van der Waals surface area contributed by atoms with Crippen molar-refractivity contribution in [2.45, 2.75) is 25.7 Å². The van der Waals surface area contributed by atoms with Gasteiger partial charge in [-0.05, 0) is 13.3 Å². The van der Waals surface area contributed by atoms with Crippen molar-refractivity contribution in [2.24, 2.45) is 0 Å². The van der Waals surface area contributed by atoms with Crippen molar-refractivity contribution in [1.29, 1.82) is 0 Å². The van der Waals surface area contributed by atoms with E-state index in [-0.39, 0.29) is 13.0 Å². The summed E-state index contributed by atoms with van der Waals surface area (Å²) in [4.78, 5) is 10.6. The first-order valence-corrected chi connectivity index (χ1v) is 3.70. The third kappa shape index (κ3) is 3.46. The lowest BCUT2D eigenvalue weighted by atomic mass is 10.2. The van der Waals surface area contributed by atoms with Gasteiger partial charge in [0.2, 0.25) is 0 Å². The van der Waals surface area contributed by atoms with Crippen LogP contribution in [0.5, 0.6) is 0 Å². The molecule has 0 N–H and O–H groups in total. The topological polar surface area (TPSA) is 26.3 Å². The second-order valence-electron chi connectivity index (χ2n) is 2.25. The van der Waals surface area contributed by atoms with E-state index in [9.17, 15) is 13.6 Å². The fourth-order valence-electron chi connectivity index (χ4n) is 0.622. The molecule has 0 radical (unpaired) electrons. The van der Waals surface area contributed by atoms with E-state index in [0.717, 1.165) is 0 Å². The van der Waals surface area contributed by atoms with E-state index in [1.54, 1.807) is 0 Å². The predicted octanol–water partition coefficient (Wildman–Crippen LogP) is 2.15. The predicted molar refractivity (Wildman–Crippen MR) is 41.0 cm³/mol. The van der Waals surface area contributed by atoms with Gasteiger partial charge in [0.05, 0.1) is 6.61 Å². The van der Waals surface area contributed by atoms with Gasteiger partial charge in [0.1, 0.15) is 0 Å². The first-order chi connectivity index (χ1) is 5.54. The van der Waals surface area contributed by atoms with Gasteiger partial charge in [0.15, 0.2) is 0 Å². The van der Waals surface area contributed by atoms with Crippen molar-refractivity contribution in [3.63, 3.8) is 0 Å². The molecule has 70 valence electrons. The highest BCUT2D eigenvalue weighted by Gasteiger charge is 2.39. The molecule has 0 aliphatic rings. The average Bonchev–Trinajstić information content (AvgIpc) is 2.01. The number of alkyl halides is 2. The second-order valence-corrected chi connectivity index (χ2v) is 2.25. The SMILES string of the molecule is C=CCCC(F)(F)C(=O)OCC. The van der Waals surface area contributed by atoms with Crippen LogP contribution in [-0.4, -0.2) is 18.5 Å². The summed E-state index contributed by atoms with van der Waals surface area (Å²) < 4.78 is 29.5. The van der Waals surface area contributed by atoms with E-state index in [1.807, 2.05) is 0 Å². The van der Waals surface area contributed by atoms with E-state index >= 15 is 0 Å². The van der Waals surface area contributed by atoms with E-state index in [2.05, 4.69) is 11.3 Å². The third-order valence-corrected chi connectivity index (χ3v) is 1.24. The van der Waals surface area contributed by atoms with Gasteiger partial charge in [-0.2, -0.15) is 8.78 Å². The molecule has 4 heteroatoms. The van der Waals surface area contributed by atoms with Gasteiger partial charge in [0, 0.05) is 6.42 Å². The standard InChI is InChI=1S/C8H12F2O2/c1-3-5-6-8(9,10)7(11)12-4-2/h3H,1,4-6H2,2H3. The van der Waals surface area contributed by atoms with Gasteiger partial charge in [0.25, 0.3) is 0 Å². The van der Waals surface area contributed by atoms with E-state index < -0.39 is 18.3 Å². The summed E-state index contributed by atoms with van der Waals surface area (Å²) in [6.45, 7) is 4.75. The van der Waals surface area contributed by atoms with Gasteiger partial charge in [-0.3, -0.25) is 0 Å². The highest BCUT2D eigenvalue weighted by atomic mass is 19.3. The molecule has 2 nitrogen and oxygen atoms in total. The zero-order valence-electron chi connectivity index (χ0n) is 6.98. The molecule has 0 atom stereocenters. The molecule has 0 rings (SSSR count). The highest BCUT2D eigenvalue weighted by molar-refractivity contribution is 5.77. The van der Waals surface area contributed by atoms with E-state index in [4.69, 9.17) is 0 Å². The van der Waals surface area contributed by atoms with Gasteiger partial charge >= 0.3 is 11.9 Å². The maximum absolute atomic E-state index is 12.7. The Hall–Kier alpha value is -0.930. The van der Waals surface area contributed by atoms with Crippen LogP contribution in [0, 0.1) is 0 Å². The summed E-state index contributed by atoms with van der Waals surface area (Å²) in [5.74, 6) is -4.82. The molecule has 12 heavy (non-hydrogen) atoms. The van der Waals surface area contributed by atoms with Gasteiger partial charge in [-0.25, -0.2) is 4.79 Å². The van der Waals surface area contributed by atoms with Crippen LogP contribution >= 0.6 is 0 Å². The molecule has 0 unspecified atom stereocenters. The van der Waals surface area contributed by atoms with Gasteiger partial charge in [-0.15, -0.1) is 6.58 Å². The number of carbonyl (C=O) groups is 1. The first kappa shape index (κ1) is 11.1. The van der Waals surface area contributed by atoms with Crippen LogP contribution in [0.25, 0.3) is 0 Å². The Morgan fingerprint density at radius 2 is 2.25 bits per heavy atom. The number of hydrogen-bond acceptors (Lipinski definition) is 2. The molecule has 0 saturated heterocycles. The van der Waals surface area contributed by atoms with E-state index in [0.29, 0.717) is 0 Å². The molecule has 0 spiro atoms. The fraction of sp³-hybridized carbons (Fsp3) is 0.625. The van der Waals surface area contributed by atoms with Crippen LogP contribution in [0.3, 0.4) is 0 Å². The summed E-state index contributed by atoms with van der Waals surface area (Å²) in [6.07, 6.45) is 0.911. The molecule has 0 aliphatic carbocycles. The molecule has 0 fully saturated rings. The number of rotatable bonds is 5. The van der Waals surface area contributed by atoms with E-state index in [1.165, 1.54) is 13.0 Å². The van der Waals surface area contributed by atoms with Crippen molar-refractivity contribution in [3.05, 3.63) is 12.7 Å². The lowest BCUT2D eigenvalue weighted by Gasteiger charge is -2.12. The summed E-state index contributed by atoms with van der Waals surface area (Å²) in [5.41, 5.74) is 0. The average molecular weight is 178 g/mol. The summed E-state index contributed by atoms with van der Waals surface area (Å²) in [6, 6.07) is 0. The molecule has 0 amide bonds. The summed E-state index contributed by atoms with van der Waals surface area (Å²) >= 11 is 0. The van der Waals surface area contributed by atoms with Gasteiger partial charge in [-0.1, -0.05) is 6.08 Å². The summed E-state index contributed by atoms with van der Waals surface area (Å²) in [7, 11) is 0. The molecule has 0 saturated carbocycles. The van der Waals surface area contributed by atoms with Crippen LogP contribution in [-0.2, 0) is 9.53 Å². The second kappa shape index (κ2) is 4.85. The zero-order valence-corrected chi connectivity index (χ0v) is 6.98. The molecule has 0 aliphatic heterocycles. The lowest BCUT2D eigenvalue weighted by molar-refractivity contribution is -0.172. The van der Waals surface area contributed by atoms with Crippen LogP contribution in [0.15, 0.2) is 12.7 Å². The zero-order chi connectivity index (χ0) is 9.61. The Labute approximate surface area is 70.2 Å².